The Morgan fingerprint density at radius 3 is 2.43 bits per heavy atom. The molecule has 1 aromatic carbocycles. The van der Waals surface area contributed by atoms with E-state index in [0.717, 1.165) is 13.1 Å². The summed E-state index contributed by atoms with van der Waals surface area (Å²) in [6, 6.07) is 1.29. The van der Waals surface area contributed by atoms with Crippen LogP contribution in [0.2, 0.25) is 0 Å². The number of nitrogens with zero attached hydrogens (tertiary/aromatic N) is 1. The van der Waals surface area contributed by atoms with Gasteiger partial charge in [0.15, 0.2) is 17.5 Å². The molecule has 132 valence electrons. The van der Waals surface area contributed by atoms with Crippen molar-refractivity contribution in [2.24, 2.45) is 0 Å². The van der Waals surface area contributed by atoms with Crippen LogP contribution in [0.5, 0.6) is 0 Å². The molecule has 1 fully saturated rings. The normalized spacial score (nSPS) is 16.1. The number of ether oxygens (including phenoxy) is 1. The van der Waals surface area contributed by atoms with Crippen LogP contribution in [-0.4, -0.2) is 52.7 Å². The zero-order valence-corrected chi connectivity index (χ0v) is 13.9. The first-order valence-corrected chi connectivity index (χ1v) is 8.33. The lowest BCUT2D eigenvalue weighted by Crippen LogP contribution is -2.38. The van der Waals surface area contributed by atoms with E-state index in [-0.39, 0.29) is 19.0 Å². The summed E-state index contributed by atoms with van der Waals surface area (Å²) < 4.78 is 70.6. The zero-order valence-electron chi connectivity index (χ0n) is 12.2. The van der Waals surface area contributed by atoms with E-state index in [2.05, 4.69) is 9.62 Å². The van der Waals surface area contributed by atoms with Gasteiger partial charge in [-0.05, 0) is 25.1 Å². The Morgan fingerprint density at radius 2 is 1.78 bits per heavy atom. The fraction of sp³-hybridized carbons (Fsp3) is 0.538. The van der Waals surface area contributed by atoms with E-state index in [1.54, 1.807) is 0 Å². The fourth-order valence-electron chi connectivity index (χ4n) is 2.13. The van der Waals surface area contributed by atoms with Crippen molar-refractivity contribution in [3.8, 4) is 0 Å². The Bertz CT molecular complexity index is 625. The minimum absolute atomic E-state index is 0. The molecule has 0 unspecified atom stereocenters. The molecule has 0 radical (unpaired) electrons. The number of sulfonamides is 1. The molecule has 5 nitrogen and oxygen atoms in total. The average molecular weight is 375 g/mol. The van der Waals surface area contributed by atoms with E-state index in [9.17, 15) is 21.6 Å². The van der Waals surface area contributed by atoms with E-state index in [1.165, 1.54) is 0 Å². The minimum Gasteiger partial charge on any atom is -0.379 e. The highest BCUT2D eigenvalue weighted by atomic mass is 35.5. The second-order valence-corrected chi connectivity index (χ2v) is 6.61. The smallest absolute Gasteiger partial charge is 0.243 e. The van der Waals surface area contributed by atoms with Crippen LogP contribution in [0, 0.1) is 17.5 Å². The third-order valence-corrected chi connectivity index (χ3v) is 4.81. The molecule has 0 atom stereocenters. The third kappa shape index (κ3) is 5.32. The number of halogens is 4. The Hall–Kier alpha value is -0.870. The van der Waals surface area contributed by atoms with Gasteiger partial charge < -0.3 is 4.74 Å². The van der Waals surface area contributed by atoms with Gasteiger partial charge in [-0.3, -0.25) is 4.90 Å². The van der Waals surface area contributed by atoms with E-state index in [4.69, 9.17) is 4.74 Å². The van der Waals surface area contributed by atoms with Gasteiger partial charge in [-0.15, -0.1) is 12.4 Å². The molecule has 1 aromatic rings. The molecule has 10 heteroatoms. The van der Waals surface area contributed by atoms with Crippen molar-refractivity contribution in [2.75, 3.05) is 39.4 Å². The lowest BCUT2D eigenvalue weighted by Gasteiger charge is -2.26. The van der Waals surface area contributed by atoms with Crippen molar-refractivity contribution in [1.29, 1.82) is 0 Å². The Labute approximate surface area is 139 Å². The molecule has 23 heavy (non-hydrogen) atoms. The third-order valence-electron chi connectivity index (χ3n) is 3.34. The molecular formula is C13H18ClF3N2O3S. The number of nitrogens with one attached hydrogen (secondary N) is 1. The minimum atomic E-state index is -4.21. The van der Waals surface area contributed by atoms with Gasteiger partial charge in [0, 0.05) is 19.6 Å². The van der Waals surface area contributed by atoms with Crippen LogP contribution in [0.1, 0.15) is 6.42 Å². The summed E-state index contributed by atoms with van der Waals surface area (Å²) in [4.78, 5) is 1.23. The maximum absolute atomic E-state index is 13.5. The van der Waals surface area contributed by atoms with Crippen LogP contribution in [0.15, 0.2) is 17.0 Å². The van der Waals surface area contributed by atoms with Gasteiger partial charge in [-0.1, -0.05) is 0 Å². The van der Waals surface area contributed by atoms with Crippen LogP contribution in [0.4, 0.5) is 13.2 Å². The quantitative estimate of drug-likeness (QED) is 0.606. The van der Waals surface area contributed by atoms with Crippen molar-refractivity contribution in [3.05, 3.63) is 29.6 Å². The van der Waals surface area contributed by atoms with E-state index in [0.29, 0.717) is 38.3 Å². The molecule has 1 saturated heterocycles. The van der Waals surface area contributed by atoms with Crippen LogP contribution in [0.25, 0.3) is 0 Å². The van der Waals surface area contributed by atoms with E-state index < -0.39 is 32.4 Å². The maximum Gasteiger partial charge on any atom is 0.243 e. The van der Waals surface area contributed by atoms with Gasteiger partial charge in [0.2, 0.25) is 10.0 Å². The van der Waals surface area contributed by atoms with Gasteiger partial charge in [0.1, 0.15) is 4.90 Å². The van der Waals surface area contributed by atoms with Crippen molar-refractivity contribution in [2.45, 2.75) is 11.3 Å². The molecule has 1 aliphatic heterocycles. The molecule has 0 bridgehead atoms. The predicted octanol–water partition coefficient (Wildman–Crippen LogP) is 1.53. The molecule has 0 aliphatic carbocycles. The van der Waals surface area contributed by atoms with Crippen molar-refractivity contribution >= 4 is 22.4 Å². The second kappa shape index (κ2) is 8.84. The molecule has 1 heterocycles. The molecule has 0 spiro atoms. The molecule has 1 aliphatic rings. The maximum atomic E-state index is 13.5. The van der Waals surface area contributed by atoms with Gasteiger partial charge >= 0.3 is 0 Å². The second-order valence-electron chi connectivity index (χ2n) is 4.88. The van der Waals surface area contributed by atoms with Gasteiger partial charge in [0.25, 0.3) is 0 Å². The standard InChI is InChI=1S/C13H17F3N2O3S.ClH/c14-10-2-3-11(13(16)12(10)15)22(19,20)17-4-1-5-18-6-8-21-9-7-18;/h2-3,17H,1,4-9H2;1H. The topological polar surface area (TPSA) is 58.6 Å². The largest absolute Gasteiger partial charge is 0.379 e. The van der Waals surface area contributed by atoms with E-state index in [1.807, 2.05) is 0 Å². The van der Waals surface area contributed by atoms with Gasteiger partial charge in [0.05, 0.1) is 13.2 Å². The average Bonchev–Trinajstić information content (AvgIpc) is 2.50. The summed E-state index contributed by atoms with van der Waals surface area (Å²) in [5, 5.41) is 0. The monoisotopic (exact) mass is 374 g/mol. The molecule has 0 amide bonds. The number of rotatable bonds is 6. The van der Waals surface area contributed by atoms with Gasteiger partial charge in [-0.2, -0.15) is 0 Å². The van der Waals surface area contributed by atoms with E-state index >= 15 is 0 Å². The Kier molecular flexibility index (Phi) is 7.75. The first-order valence-electron chi connectivity index (χ1n) is 6.85. The molecule has 0 saturated carbocycles. The molecular weight excluding hydrogens is 357 g/mol. The first kappa shape index (κ1) is 20.2. The molecule has 1 N–H and O–H groups in total. The highest BCUT2D eigenvalue weighted by Gasteiger charge is 2.23. The lowest BCUT2D eigenvalue weighted by molar-refractivity contribution is 0.0376. The summed E-state index contributed by atoms with van der Waals surface area (Å²) in [5.74, 6) is -4.93. The first-order chi connectivity index (χ1) is 10.4. The summed E-state index contributed by atoms with van der Waals surface area (Å²) in [7, 11) is -4.21. The van der Waals surface area contributed by atoms with Gasteiger partial charge in [-0.25, -0.2) is 26.3 Å². The summed E-state index contributed by atoms with van der Waals surface area (Å²) in [6.07, 6.45) is 0.518. The Balaban J connectivity index is 0.00000264. The van der Waals surface area contributed by atoms with Crippen LogP contribution in [-0.2, 0) is 14.8 Å². The SMILES string of the molecule is Cl.O=S(=O)(NCCCN1CCOCC1)c1ccc(F)c(F)c1F. The highest BCUT2D eigenvalue weighted by molar-refractivity contribution is 7.89. The lowest BCUT2D eigenvalue weighted by atomic mass is 10.3. The van der Waals surface area contributed by atoms with Crippen LogP contribution < -0.4 is 4.72 Å². The highest BCUT2D eigenvalue weighted by Crippen LogP contribution is 2.19. The number of hydrogen-bond donors (Lipinski definition) is 1. The number of benzene rings is 1. The number of morpholine rings is 1. The summed E-state index contributed by atoms with van der Waals surface area (Å²) in [5.41, 5.74) is 0. The van der Waals surface area contributed by atoms with Crippen LogP contribution >= 0.6 is 12.4 Å². The van der Waals surface area contributed by atoms with Crippen molar-refractivity contribution in [3.63, 3.8) is 0 Å². The number of hydrogen-bond acceptors (Lipinski definition) is 4. The summed E-state index contributed by atoms with van der Waals surface area (Å²) in [6.45, 7) is 3.61. The zero-order chi connectivity index (χ0) is 16.2. The molecule has 0 aromatic heterocycles. The summed E-state index contributed by atoms with van der Waals surface area (Å²) >= 11 is 0. The van der Waals surface area contributed by atoms with Crippen LogP contribution in [0.3, 0.4) is 0 Å². The fourth-order valence-corrected chi connectivity index (χ4v) is 3.27. The van der Waals surface area contributed by atoms with Crippen molar-refractivity contribution in [1.82, 2.24) is 9.62 Å². The van der Waals surface area contributed by atoms with Crippen molar-refractivity contribution < 1.29 is 26.3 Å². The Morgan fingerprint density at radius 1 is 1.13 bits per heavy atom. The predicted molar refractivity (Wildman–Crippen MR) is 80.6 cm³/mol. The molecule has 2 rings (SSSR count).